The van der Waals surface area contributed by atoms with Crippen LogP contribution in [0.1, 0.15) is 23.0 Å². The van der Waals surface area contributed by atoms with Gasteiger partial charge >= 0.3 is 6.18 Å². The predicted octanol–water partition coefficient (Wildman–Crippen LogP) is 3.54. The smallest absolute Gasteiger partial charge is 0.272 e. The lowest BCUT2D eigenvalue weighted by molar-refractivity contribution is -0.143. The van der Waals surface area contributed by atoms with Gasteiger partial charge in [0.25, 0.3) is 0 Å². The molecular weight excluding hydrogens is 405 g/mol. The number of halogens is 4. The number of benzene rings is 1. The minimum atomic E-state index is -4.91. The maximum Gasteiger partial charge on any atom is 0.434 e. The molecule has 0 radical (unpaired) electrons. The molecule has 3 aromatic rings. The molecule has 11 heteroatoms. The molecule has 142 valence electrons. The summed E-state index contributed by atoms with van der Waals surface area (Å²) in [5, 5.41) is 5.24. The van der Waals surface area contributed by atoms with Crippen LogP contribution < -0.4 is 4.72 Å². The minimum Gasteiger partial charge on any atom is -0.272 e. The van der Waals surface area contributed by atoms with Crippen LogP contribution in [-0.4, -0.2) is 23.6 Å². The van der Waals surface area contributed by atoms with Gasteiger partial charge in [-0.3, -0.25) is 10.1 Å². The number of aromatic nitrogens is 3. The molecule has 1 unspecified atom stereocenters. The lowest BCUT2D eigenvalue weighted by atomic mass is 10.0. The van der Waals surface area contributed by atoms with Crippen LogP contribution >= 0.6 is 11.6 Å². The lowest BCUT2D eigenvalue weighted by Gasteiger charge is -2.19. The summed E-state index contributed by atoms with van der Waals surface area (Å²) >= 11 is 5.97. The largest absolute Gasteiger partial charge is 0.434 e. The Labute approximate surface area is 157 Å². The molecule has 6 nitrogen and oxygen atoms in total. The molecule has 0 saturated carbocycles. The Balaban J connectivity index is 2.06. The van der Waals surface area contributed by atoms with E-state index in [0.717, 1.165) is 0 Å². The number of sulfonamides is 1. The maximum absolute atomic E-state index is 13.1. The topological polar surface area (TPSA) is 87.7 Å². The zero-order valence-corrected chi connectivity index (χ0v) is 15.0. The number of nitrogens with zero attached hydrogens (tertiary/aromatic N) is 2. The SMILES string of the molecule is O=S(=O)(NC(c1cccc(Cl)c1)c1ccccn1)c1cn[nH]c1C(F)(F)F. The van der Waals surface area contributed by atoms with Gasteiger partial charge in [0.15, 0.2) is 5.69 Å². The van der Waals surface area contributed by atoms with Crippen LogP contribution in [0.15, 0.2) is 59.8 Å². The summed E-state index contributed by atoms with van der Waals surface area (Å²) in [6.45, 7) is 0. The number of H-pyrrole nitrogens is 1. The van der Waals surface area contributed by atoms with Crippen molar-refractivity contribution in [2.45, 2.75) is 17.1 Å². The predicted molar refractivity (Wildman–Crippen MR) is 91.4 cm³/mol. The van der Waals surface area contributed by atoms with Crippen LogP contribution in [0.3, 0.4) is 0 Å². The lowest BCUT2D eigenvalue weighted by Crippen LogP contribution is -2.31. The van der Waals surface area contributed by atoms with Gasteiger partial charge in [-0.2, -0.15) is 23.0 Å². The summed E-state index contributed by atoms with van der Waals surface area (Å²) in [5.74, 6) is 0. The fraction of sp³-hybridized carbons (Fsp3) is 0.125. The van der Waals surface area contributed by atoms with Crippen molar-refractivity contribution in [2.75, 3.05) is 0 Å². The number of alkyl halides is 3. The molecule has 27 heavy (non-hydrogen) atoms. The van der Waals surface area contributed by atoms with Crippen LogP contribution in [0.4, 0.5) is 13.2 Å². The van der Waals surface area contributed by atoms with E-state index in [0.29, 0.717) is 22.5 Å². The summed E-state index contributed by atoms with van der Waals surface area (Å²) in [5.41, 5.74) is -0.747. The van der Waals surface area contributed by atoms with Gasteiger partial charge in [-0.25, -0.2) is 8.42 Å². The highest BCUT2D eigenvalue weighted by Crippen LogP contribution is 2.33. The third kappa shape index (κ3) is 4.29. The number of hydrogen-bond donors (Lipinski definition) is 2. The quantitative estimate of drug-likeness (QED) is 0.666. The summed E-state index contributed by atoms with van der Waals surface area (Å²) in [4.78, 5) is 3.10. The van der Waals surface area contributed by atoms with Crippen molar-refractivity contribution in [3.8, 4) is 0 Å². The zero-order valence-electron chi connectivity index (χ0n) is 13.4. The molecule has 0 saturated heterocycles. The molecule has 0 fully saturated rings. The Morgan fingerprint density at radius 2 is 1.93 bits per heavy atom. The molecule has 0 aliphatic carbocycles. The van der Waals surface area contributed by atoms with Gasteiger partial charge < -0.3 is 0 Å². The Kier molecular flexibility index (Phi) is 5.22. The van der Waals surface area contributed by atoms with E-state index < -0.39 is 32.8 Å². The number of rotatable bonds is 5. The van der Waals surface area contributed by atoms with Crippen molar-refractivity contribution in [1.82, 2.24) is 19.9 Å². The summed E-state index contributed by atoms with van der Waals surface area (Å²) in [6.07, 6.45) is -2.85. The maximum atomic E-state index is 13.1. The third-order valence-electron chi connectivity index (χ3n) is 3.62. The van der Waals surface area contributed by atoms with E-state index in [9.17, 15) is 21.6 Å². The Hall–Kier alpha value is -2.43. The zero-order chi connectivity index (χ0) is 19.7. The van der Waals surface area contributed by atoms with E-state index >= 15 is 0 Å². The molecule has 1 aromatic carbocycles. The highest BCUT2D eigenvalue weighted by atomic mass is 35.5. The van der Waals surface area contributed by atoms with E-state index in [2.05, 4.69) is 14.8 Å². The summed E-state index contributed by atoms with van der Waals surface area (Å²) in [7, 11) is -4.59. The number of nitrogens with one attached hydrogen (secondary N) is 2. The standard InChI is InChI=1S/C16H12ClF3N4O2S/c17-11-5-3-4-10(8-11)14(12-6-1-2-7-21-12)24-27(25,26)13-9-22-23-15(13)16(18,19)20/h1-9,14,24H,(H,22,23). The van der Waals surface area contributed by atoms with Gasteiger partial charge in [0, 0.05) is 11.2 Å². The van der Waals surface area contributed by atoms with Gasteiger partial charge in [-0.15, -0.1) is 0 Å². The number of pyridine rings is 1. The summed E-state index contributed by atoms with van der Waals surface area (Å²) in [6, 6.07) is 10.0. The Bertz CT molecular complexity index is 1040. The monoisotopic (exact) mass is 416 g/mol. The first kappa shape index (κ1) is 19.3. The van der Waals surface area contributed by atoms with Crippen molar-refractivity contribution in [1.29, 1.82) is 0 Å². The Morgan fingerprint density at radius 3 is 2.56 bits per heavy atom. The van der Waals surface area contributed by atoms with Crippen molar-refractivity contribution < 1.29 is 21.6 Å². The fourth-order valence-electron chi connectivity index (χ4n) is 2.43. The van der Waals surface area contributed by atoms with Crippen LogP contribution in [0.2, 0.25) is 5.02 Å². The van der Waals surface area contributed by atoms with Crippen molar-refractivity contribution in [3.63, 3.8) is 0 Å². The molecule has 0 spiro atoms. The molecule has 2 aromatic heterocycles. The van der Waals surface area contributed by atoms with Gasteiger partial charge in [0.1, 0.15) is 4.90 Å². The van der Waals surface area contributed by atoms with Gasteiger partial charge in [0.2, 0.25) is 10.0 Å². The molecule has 2 heterocycles. The normalized spacial score (nSPS) is 13.5. The average Bonchev–Trinajstić information content (AvgIpc) is 3.12. The highest BCUT2D eigenvalue weighted by Gasteiger charge is 2.40. The Morgan fingerprint density at radius 1 is 1.15 bits per heavy atom. The van der Waals surface area contributed by atoms with Gasteiger partial charge in [0.05, 0.1) is 17.9 Å². The molecule has 0 aliphatic heterocycles. The molecule has 0 aliphatic rings. The molecule has 3 rings (SSSR count). The first-order valence-corrected chi connectivity index (χ1v) is 9.34. The van der Waals surface area contributed by atoms with E-state index in [-0.39, 0.29) is 0 Å². The van der Waals surface area contributed by atoms with Gasteiger partial charge in [-0.1, -0.05) is 29.8 Å². The molecular formula is C16H12ClF3N4O2S. The fourth-order valence-corrected chi connectivity index (χ4v) is 3.95. The molecule has 0 bridgehead atoms. The number of aromatic amines is 1. The average molecular weight is 417 g/mol. The van der Waals surface area contributed by atoms with Crippen molar-refractivity contribution >= 4 is 21.6 Å². The third-order valence-corrected chi connectivity index (χ3v) is 5.29. The first-order chi connectivity index (χ1) is 12.7. The van der Waals surface area contributed by atoms with E-state index in [4.69, 9.17) is 11.6 Å². The highest BCUT2D eigenvalue weighted by molar-refractivity contribution is 7.89. The summed E-state index contributed by atoms with van der Waals surface area (Å²) < 4.78 is 66.8. The van der Waals surface area contributed by atoms with Crippen LogP contribution in [-0.2, 0) is 16.2 Å². The van der Waals surface area contributed by atoms with Crippen molar-refractivity contribution in [3.05, 3.63) is 76.8 Å². The second kappa shape index (κ2) is 7.29. The van der Waals surface area contributed by atoms with Crippen molar-refractivity contribution in [2.24, 2.45) is 0 Å². The minimum absolute atomic E-state index is 0.292. The molecule has 2 N–H and O–H groups in total. The van der Waals surface area contributed by atoms with E-state index in [1.807, 2.05) is 0 Å². The van der Waals surface area contributed by atoms with E-state index in [1.54, 1.807) is 41.5 Å². The van der Waals surface area contributed by atoms with Crippen LogP contribution in [0.25, 0.3) is 0 Å². The van der Waals surface area contributed by atoms with Crippen LogP contribution in [0, 0.1) is 0 Å². The second-order valence-electron chi connectivity index (χ2n) is 5.47. The molecule has 0 amide bonds. The van der Waals surface area contributed by atoms with Crippen LogP contribution in [0.5, 0.6) is 0 Å². The van der Waals surface area contributed by atoms with E-state index in [1.165, 1.54) is 12.3 Å². The van der Waals surface area contributed by atoms with Gasteiger partial charge in [-0.05, 0) is 29.8 Å². The second-order valence-corrected chi connectivity index (χ2v) is 7.59. The number of hydrogen-bond acceptors (Lipinski definition) is 4. The first-order valence-electron chi connectivity index (χ1n) is 7.48. The molecule has 1 atom stereocenters.